The van der Waals surface area contributed by atoms with Gasteiger partial charge in [0.1, 0.15) is 0 Å². The minimum atomic E-state index is -1.22. The molecule has 1 rings (SSSR count). The lowest BCUT2D eigenvalue weighted by molar-refractivity contribution is -0.135. The number of carbonyl (C=O) groups is 2. The van der Waals surface area contributed by atoms with Crippen molar-refractivity contribution in [1.29, 1.82) is 0 Å². The molecule has 13 heavy (non-hydrogen) atoms. The van der Waals surface area contributed by atoms with E-state index in [2.05, 4.69) is 0 Å². The van der Waals surface area contributed by atoms with E-state index in [-0.39, 0.29) is 11.1 Å². The quantitative estimate of drug-likeness (QED) is 0.663. The van der Waals surface area contributed by atoms with Gasteiger partial charge in [-0.2, -0.15) is 0 Å². The number of hydrogen-bond donors (Lipinski definition) is 2. The summed E-state index contributed by atoms with van der Waals surface area (Å²) in [4.78, 5) is 21.2. The summed E-state index contributed by atoms with van der Waals surface area (Å²) < 4.78 is 0. The van der Waals surface area contributed by atoms with E-state index in [9.17, 15) is 9.59 Å². The van der Waals surface area contributed by atoms with Gasteiger partial charge in [-0.05, 0) is 6.42 Å². The maximum absolute atomic E-state index is 10.6. The Labute approximate surface area is 74.5 Å². The van der Waals surface area contributed by atoms with E-state index < -0.39 is 11.9 Å². The Morgan fingerprint density at radius 3 is 1.69 bits per heavy atom. The summed E-state index contributed by atoms with van der Waals surface area (Å²) in [6.45, 7) is 0. The third-order valence-corrected chi connectivity index (χ3v) is 1.59. The van der Waals surface area contributed by atoms with Crippen molar-refractivity contribution in [3.8, 4) is 0 Å². The molecule has 0 heterocycles. The minimum absolute atomic E-state index is 0.179. The van der Waals surface area contributed by atoms with Gasteiger partial charge in [-0.25, -0.2) is 9.59 Å². The number of carboxylic acid groups (broad SMARTS) is 2. The third kappa shape index (κ3) is 2.05. The van der Waals surface area contributed by atoms with Gasteiger partial charge in [0, 0.05) is 0 Å². The Morgan fingerprint density at radius 1 is 1.00 bits per heavy atom. The number of hydrogen-bond acceptors (Lipinski definition) is 2. The first-order valence-corrected chi connectivity index (χ1v) is 3.67. The topological polar surface area (TPSA) is 74.6 Å². The van der Waals surface area contributed by atoms with Crippen LogP contribution in [0.25, 0.3) is 0 Å². The average Bonchev–Trinajstić information content (AvgIpc) is 2.27. The van der Waals surface area contributed by atoms with Crippen LogP contribution in [0.3, 0.4) is 0 Å². The van der Waals surface area contributed by atoms with Gasteiger partial charge in [-0.15, -0.1) is 0 Å². The Morgan fingerprint density at radius 2 is 1.38 bits per heavy atom. The lowest BCUT2D eigenvalue weighted by Crippen LogP contribution is -2.07. The molecule has 2 N–H and O–H groups in total. The van der Waals surface area contributed by atoms with Crippen molar-refractivity contribution in [2.75, 3.05) is 0 Å². The molecule has 1 aliphatic rings. The molecule has 4 nitrogen and oxygen atoms in total. The van der Waals surface area contributed by atoms with E-state index in [0.29, 0.717) is 6.42 Å². The maximum Gasteiger partial charge on any atom is 0.336 e. The molecule has 0 aliphatic heterocycles. The van der Waals surface area contributed by atoms with Gasteiger partial charge in [0.25, 0.3) is 0 Å². The van der Waals surface area contributed by atoms with E-state index in [1.165, 1.54) is 12.2 Å². The lowest BCUT2D eigenvalue weighted by Gasteiger charge is -1.97. The predicted molar refractivity (Wildman–Crippen MR) is 45.2 cm³/mol. The molecule has 0 aromatic rings. The average molecular weight is 180 g/mol. The van der Waals surface area contributed by atoms with Crippen LogP contribution in [-0.2, 0) is 9.59 Å². The molecule has 68 valence electrons. The minimum Gasteiger partial charge on any atom is -0.478 e. The largest absolute Gasteiger partial charge is 0.478 e. The highest BCUT2D eigenvalue weighted by molar-refractivity contribution is 6.02. The molecule has 0 saturated carbocycles. The van der Waals surface area contributed by atoms with E-state index in [0.717, 1.165) is 0 Å². The first-order chi connectivity index (χ1) is 6.13. The second kappa shape index (κ2) is 3.71. The van der Waals surface area contributed by atoms with Crippen molar-refractivity contribution >= 4 is 11.9 Å². The fourth-order valence-corrected chi connectivity index (χ4v) is 1.00. The van der Waals surface area contributed by atoms with Gasteiger partial charge in [0.05, 0.1) is 11.1 Å². The fraction of sp³-hybridized carbons (Fsp3) is 0.111. The molecule has 0 fully saturated rings. The van der Waals surface area contributed by atoms with Crippen molar-refractivity contribution in [3.05, 3.63) is 35.5 Å². The zero-order chi connectivity index (χ0) is 9.84. The van der Waals surface area contributed by atoms with Gasteiger partial charge < -0.3 is 10.2 Å². The summed E-state index contributed by atoms with van der Waals surface area (Å²) in [5.41, 5.74) is -0.359. The van der Waals surface area contributed by atoms with Gasteiger partial charge in [-0.3, -0.25) is 0 Å². The molecular formula is C9H8O4. The zero-order valence-electron chi connectivity index (χ0n) is 6.73. The molecule has 0 unspecified atom stereocenters. The highest BCUT2D eigenvalue weighted by atomic mass is 16.4. The van der Waals surface area contributed by atoms with Crippen LogP contribution in [0.15, 0.2) is 35.5 Å². The van der Waals surface area contributed by atoms with Gasteiger partial charge in [-0.1, -0.05) is 24.3 Å². The zero-order valence-corrected chi connectivity index (χ0v) is 6.73. The molecule has 0 radical (unpaired) electrons. The Hall–Kier alpha value is -1.84. The van der Waals surface area contributed by atoms with Crippen molar-refractivity contribution < 1.29 is 19.8 Å². The summed E-state index contributed by atoms with van der Waals surface area (Å²) in [7, 11) is 0. The summed E-state index contributed by atoms with van der Waals surface area (Å²) in [6.07, 6.45) is 6.39. The highest BCUT2D eigenvalue weighted by Crippen LogP contribution is 2.13. The van der Waals surface area contributed by atoms with Gasteiger partial charge in [0.2, 0.25) is 0 Å². The second-order valence-corrected chi connectivity index (χ2v) is 2.48. The summed E-state index contributed by atoms with van der Waals surface area (Å²) in [5.74, 6) is -2.44. The second-order valence-electron chi connectivity index (χ2n) is 2.48. The van der Waals surface area contributed by atoms with Crippen molar-refractivity contribution in [2.24, 2.45) is 0 Å². The summed E-state index contributed by atoms with van der Waals surface area (Å²) in [6, 6.07) is 0. The normalized spacial score (nSPS) is 15.7. The Kier molecular flexibility index (Phi) is 2.64. The van der Waals surface area contributed by atoms with Crippen LogP contribution >= 0.6 is 0 Å². The van der Waals surface area contributed by atoms with Crippen LogP contribution in [0.5, 0.6) is 0 Å². The standard InChI is InChI=1S/C9H8O4/c10-8(11)6-4-2-1-3-5-7(6)9(12)13/h2-5H,1H2,(H,10,11)(H,12,13). The maximum atomic E-state index is 10.6. The van der Waals surface area contributed by atoms with Crippen molar-refractivity contribution in [1.82, 2.24) is 0 Å². The predicted octanol–water partition coefficient (Wildman–Crippen LogP) is 0.968. The first-order valence-electron chi connectivity index (χ1n) is 3.67. The lowest BCUT2D eigenvalue weighted by atomic mass is 10.1. The molecule has 0 bridgehead atoms. The first kappa shape index (κ1) is 9.25. The van der Waals surface area contributed by atoms with Crippen molar-refractivity contribution in [3.63, 3.8) is 0 Å². The molecule has 4 heteroatoms. The number of rotatable bonds is 2. The van der Waals surface area contributed by atoms with Crippen LogP contribution in [-0.4, -0.2) is 22.2 Å². The molecule has 0 spiro atoms. The molecule has 0 atom stereocenters. The van der Waals surface area contributed by atoms with Crippen LogP contribution in [0, 0.1) is 0 Å². The van der Waals surface area contributed by atoms with E-state index in [1.54, 1.807) is 12.2 Å². The number of carboxylic acids is 2. The Balaban J connectivity index is 3.23. The Bertz CT molecular complexity index is 302. The molecule has 0 amide bonds. The van der Waals surface area contributed by atoms with E-state index >= 15 is 0 Å². The summed E-state index contributed by atoms with van der Waals surface area (Å²) >= 11 is 0. The fourth-order valence-electron chi connectivity index (χ4n) is 1.00. The van der Waals surface area contributed by atoms with Gasteiger partial charge in [0.15, 0.2) is 0 Å². The summed E-state index contributed by atoms with van der Waals surface area (Å²) in [5, 5.41) is 17.4. The van der Waals surface area contributed by atoms with Crippen LogP contribution in [0.1, 0.15) is 6.42 Å². The monoisotopic (exact) mass is 180 g/mol. The van der Waals surface area contributed by atoms with Gasteiger partial charge >= 0.3 is 11.9 Å². The molecule has 0 aromatic carbocycles. The smallest absolute Gasteiger partial charge is 0.336 e. The number of aliphatic carboxylic acids is 2. The van der Waals surface area contributed by atoms with Crippen LogP contribution < -0.4 is 0 Å². The highest BCUT2D eigenvalue weighted by Gasteiger charge is 2.16. The van der Waals surface area contributed by atoms with E-state index in [1.807, 2.05) is 0 Å². The van der Waals surface area contributed by atoms with E-state index in [4.69, 9.17) is 10.2 Å². The molecule has 0 aromatic heterocycles. The number of allylic oxidation sites excluding steroid dienone is 2. The van der Waals surface area contributed by atoms with Crippen molar-refractivity contribution in [2.45, 2.75) is 6.42 Å². The van der Waals surface area contributed by atoms with Crippen LogP contribution in [0.4, 0.5) is 0 Å². The van der Waals surface area contributed by atoms with Crippen LogP contribution in [0.2, 0.25) is 0 Å². The molecular weight excluding hydrogens is 172 g/mol. The molecule has 0 saturated heterocycles. The SMILES string of the molecule is O=C(O)C1=C(C(=O)O)C=CCC=C1. The molecule has 1 aliphatic carbocycles. The third-order valence-electron chi connectivity index (χ3n) is 1.59.